The van der Waals surface area contributed by atoms with Crippen molar-refractivity contribution in [1.29, 1.82) is 0 Å². The van der Waals surface area contributed by atoms with E-state index < -0.39 is 82.9 Å². The highest BCUT2D eigenvalue weighted by molar-refractivity contribution is 8.14. The molecule has 1 aromatic heterocycles. The molecule has 1 saturated heterocycles. The van der Waals surface area contributed by atoms with Gasteiger partial charge in [0, 0.05) is 42.3 Å². The Morgan fingerprint density at radius 2 is 1.07 bits per heavy atom. The summed E-state index contributed by atoms with van der Waals surface area (Å²) in [5.74, 6) is -4.76. The number of esters is 1. The number of aromatic amines is 1. The number of nitrogens with zero attached hydrogens (tertiary/aromatic N) is 1. The molecule has 2 heterocycles. The van der Waals surface area contributed by atoms with Crippen molar-refractivity contribution in [3.8, 4) is 46.0 Å². The first-order chi connectivity index (χ1) is 43.5. The highest BCUT2D eigenvalue weighted by Gasteiger charge is 2.28. The van der Waals surface area contributed by atoms with Crippen LogP contribution in [0.2, 0.25) is 10.0 Å². The number of thioether (sulfide) groups is 2. The number of aliphatic carboxylic acids is 2. The third kappa shape index (κ3) is 32.3. The van der Waals surface area contributed by atoms with Gasteiger partial charge in [0.25, 0.3) is 0 Å². The first-order valence-electron chi connectivity index (χ1n) is 26.4. The Kier molecular flexibility index (Phi) is 35.6. The molecular formula is C56H66Cl2F2N2O26S6. The number of hydrogen-bond acceptors (Lipinski definition) is 27. The van der Waals surface area contributed by atoms with Crippen molar-refractivity contribution in [2.45, 2.75) is 32.0 Å². The minimum Gasteiger partial charge on any atom is -0.870 e. The Morgan fingerprint density at radius 1 is 0.649 bits per heavy atom. The SMILES string of the molecule is CN1CCOCC1.COc1ccc(C(=O)O)cc1OS(C)(=O)=O.COc1ccc(C(=O)SCC(=O)O)cc1OS(C)(=O)=O.COc1ccc(C(=O)SCC(=O)O[C@@H](Cc2c(Cl)c[nH+]cc2Cl)c2ccc(OC(F)F)c(OCC3CC3)c2)cc1OS(C)(=O)=O.O=C(O)CS.[OH-]. The van der Waals surface area contributed by atoms with E-state index in [2.05, 4.69) is 38.5 Å². The van der Waals surface area contributed by atoms with Crippen LogP contribution >= 0.6 is 59.4 Å². The fraction of sp³-hybridized carbons (Fsp3) is 0.375. The Hall–Kier alpha value is -7.13. The summed E-state index contributed by atoms with van der Waals surface area (Å²) in [7, 11) is -5.34. The van der Waals surface area contributed by atoms with Crippen LogP contribution in [-0.4, -0.2) is 189 Å². The van der Waals surface area contributed by atoms with Gasteiger partial charge in [0.2, 0.25) is 10.2 Å². The number of thiol groups is 1. The number of carboxylic acid groups (broad SMARTS) is 3. The number of nitrogens with one attached hydrogen (secondary N) is 1. The molecule has 5 N–H and O–H groups in total. The summed E-state index contributed by atoms with van der Waals surface area (Å²) < 4.78 is 144. The molecule has 1 atom stereocenters. The zero-order valence-electron chi connectivity index (χ0n) is 50.8. The number of pyridine rings is 1. The molecule has 1 aliphatic heterocycles. The summed E-state index contributed by atoms with van der Waals surface area (Å²) >= 11 is 17.3. The fourth-order valence-corrected chi connectivity index (χ4v) is 10.0. The summed E-state index contributed by atoms with van der Waals surface area (Å²) in [5, 5.41) is 24.3. The molecule has 0 bridgehead atoms. The van der Waals surface area contributed by atoms with Gasteiger partial charge in [-0.15, -0.1) is 0 Å². The van der Waals surface area contributed by atoms with Gasteiger partial charge in [-0.3, -0.25) is 24.0 Å². The van der Waals surface area contributed by atoms with Crippen LogP contribution in [0.5, 0.6) is 46.0 Å². The minimum absolute atomic E-state index is 0. The van der Waals surface area contributed by atoms with Crippen LogP contribution in [0, 0.1) is 5.92 Å². The number of carbonyl (C=O) groups excluding carboxylic acids is 3. The number of morpholine rings is 1. The van der Waals surface area contributed by atoms with E-state index in [9.17, 15) is 62.8 Å². The van der Waals surface area contributed by atoms with Crippen molar-refractivity contribution < 1.29 is 134 Å². The van der Waals surface area contributed by atoms with Crippen LogP contribution in [0.25, 0.3) is 0 Å². The molecule has 4 aromatic carbocycles. The standard InChI is InChI=1S/C29H27Cl2F2NO9S2.C11H12O7S2.C9H10O6S.C5H11NO.C2H4O2S.H2O/c1-39-22-7-6-18(10-26(22)43-45(2,37)38)28(36)44-15-27(35)41-24(11-19-20(30)12-34-13-21(19)31)17-5-8-23(42-29(32)33)25(9-17)40-14-16-3-4-16;1-17-8-4-3-7(11(14)19-6-10(12)13)5-9(8)18-20(2,15)16;1-14-7-4-3-6(9(10)11)5-8(7)15-16(2,12)13;1-6-2-4-7-5-3-6;3-2(4)1-5;/h5-10,12-13,16,24,29H,3-4,11,14-15H2,1-2H3;3-5H,6H2,1-2H3,(H,12,13);3-5H,1-2H3,(H,10,11);2-5H2,1H3;5H,1H2,(H,3,4);1H2/t24-;;;;;/m0...../s1. The average molecular weight is 1480 g/mol. The molecule has 0 amide bonds. The van der Waals surface area contributed by atoms with E-state index in [0.717, 1.165) is 64.0 Å². The third-order valence-electron chi connectivity index (χ3n) is 11.3. The zero-order valence-corrected chi connectivity index (χ0v) is 57.3. The van der Waals surface area contributed by atoms with Crippen molar-refractivity contribution in [3.05, 3.63) is 123 Å². The van der Waals surface area contributed by atoms with Gasteiger partial charge in [0.15, 0.2) is 58.4 Å². The lowest BCUT2D eigenvalue weighted by Gasteiger charge is -2.21. The van der Waals surface area contributed by atoms with E-state index in [1.807, 2.05) is 0 Å². The molecular weight excluding hydrogens is 1420 g/mol. The van der Waals surface area contributed by atoms with E-state index in [1.165, 1.54) is 100 Å². The van der Waals surface area contributed by atoms with Gasteiger partial charge in [-0.1, -0.05) is 52.8 Å². The molecule has 0 radical (unpaired) electrons. The first-order valence-corrected chi connectivity index (χ1v) is 35.2. The number of alkyl halides is 2. The number of aromatic carboxylic acids is 1. The largest absolute Gasteiger partial charge is 0.870 e. The molecule has 1 saturated carbocycles. The number of halogens is 4. The van der Waals surface area contributed by atoms with Crippen LogP contribution in [-0.2, 0) is 60.6 Å². The molecule has 1 aliphatic carbocycles. The second kappa shape index (κ2) is 40.3. The lowest BCUT2D eigenvalue weighted by Crippen LogP contribution is -2.32. The number of carbonyl (C=O) groups is 6. The van der Waals surface area contributed by atoms with E-state index in [1.54, 1.807) is 0 Å². The van der Waals surface area contributed by atoms with Gasteiger partial charge in [-0.25, -0.2) is 9.78 Å². The van der Waals surface area contributed by atoms with Crippen molar-refractivity contribution in [2.24, 2.45) is 5.92 Å². The topological polar surface area (TPSA) is 405 Å². The monoisotopic (exact) mass is 1480 g/mol. The van der Waals surface area contributed by atoms with Crippen LogP contribution in [0.1, 0.15) is 61.1 Å². The summed E-state index contributed by atoms with van der Waals surface area (Å²) in [5.41, 5.74) is 0.915. The average Bonchev–Trinajstić information content (AvgIpc) is 1.32. The first kappa shape index (κ1) is 83.0. The maximum atomic E-state index is 13.1. The Balaban J connectivity index is 0.000000500. The van der Waals surface area contributed by atoms with Crippen LogP contribution in [0.3, 0.4) is 0 Å². The lowest BCUT2D eigenvalue weighted by molar-refractivity contribution is -0.377. The predicted octanol–water partition coefficient (Wildman–Crippen LogP) is 7.44. The fourth-order valence-electron chi connectivity index (χ4n) is 6.97. The number of benzene rings is 4. The predicted molar refractivity (Wildman–Crippen MR) is 342 cm³/mol. The maximum Gasteiger partial charge on any atom is 0.387 e. The molecule has 520 valence electrons. The van der Waals surface area contributed by atoms with E-state index in [0.29, 0.717) is 47.2 Å². The molecule has 0 unspecified atom stereocenters. The second-order valence-corrected chi connectivity index (χ2v) is 26.7. The van der Waals surface area contributed by atoms with Crippen LogP contribution in [0.15, 0.2) is 85.2 Å². The molecule has 2 aliphatic rings. The molecule has 0 spiro atoms. The number of H-pyrrole nitrogens is 1. The van der Waals surface area contributed by atoms with Gasteiger partial charge in [-0.2, -0.15) is 46.7 Å². The van der Waals surface area contributed by atoms with E-state index in [4.69, 9.17) is 75.3 Å². The van der Waals surface area contributed by atoms with Gasteiger partial charge >= 0.3 is 60.8 Å². The Morgan fingerprint density at radius 3 is 1.45 bits per heavy atom. The number of rotatable bonds is 26. The normalized spacial score (nSPS) is 13.0. The molecule has 38 heteroatoms. The van der Waals surface area contributed by atoms with Gasteiger partial charge < -0.3 is 71.4 Å². The number of methoxy groups -OCH3 is 3. The summed E-state index contributed by atoms with van der Waals surface area (Å²) in [6.07, 6.45) is 6.46. The van der Waals surface area contributed by atoms with E-state index >= 15 is 0 Å². The summed E-state index contributed by atoms with van der Waals surface area (Å²) in [6.45, 7) is 1.24. The summed E-state index contributed by atoms with van der Waals surface area (Å²) in [4.78, 5) is 73.1. The quantitative estimate of drug-likeness (QED) is 0.0237. The zero-order chi connectivity index (χ0) is 69.8. The van der Waals surface area contributed by atoms with Gasteiger partial charge in [0.1, 0.15) is 16.1 Å². The number of hydrogen-bond donors (Lipinski definition) is 4. The third-order valence-corrected chi connectivity index (χ3v) is 15.5. The molecule has 5 aromatic rings. The van der Waals surface area contributed by atoms with Crippen molar-refractivity contribution in [3.63, 3.8) is 0 Å². The van der Waals surface area contributed by atoms with E-state index in [-0.39, 0.29) is 96.1 Å². The minimum atomic E-state index is -3.91. The molecule has 7 rings (SSSR count). The second-order valence-electron chi connectivity index (χ2n) is 18.9. The van der Waals surface area contributed by atoms with Gasteiger partial charge in [-0.05, 0) is 92.0 Å². The Labute approximate surface area is 563 Å². The molecule has 28 nitrogen and oxygen atoms in total. The van der Waals surface area contributed by atoms with Crippen molar-refractivity contribution >= 4 is 124 Å². The number of carboxylic acids is 3. The van der Waals surface area contributed by atoms with Crippen molar-refractivity contribution in [2.75, 3.05) is 97.3 Å². The molecule has 94 heavy (non-hydrogen) atoms. The maximum absolute atomic E-state index is 13.1. The van der Waals surface area contributed by atoms with Crippen LogP contribution < -0.4 is 41.2 Å². The highest BCUT2D eigenvalue weighted by atomic mass is 35.5. The number of aromatic nitrogens is 1. The van der Waals surface area contributed by atoms with Gasteiger partial charge in [0.05, 0.1) is 82.7 Å². The van der Waals surface area contributed by atoms with Crippen molar-refractivity contribution in [1.82, 2.24) is 4.90 Å². The number of likely N-dealkylation sites (N-methyl/N-ethyl adjacent to an activating group) is 1. The number of ether oxygens (including phenoxy) is 7. The highest BCUT2D eigenvalue weighted by Crippen LogP contribution is 2.39. The van der Waals surface area contributed by atoms with Crippen LogP contribution in [0.4, 0.5) is 8.78 Å². The lowest BCUT2D eigenvalue weighted by atomic mass is 10.0. The Bertz CT molecular complexity index is 3710. The smallest absolute Gasteiger partial charge is 0.387 e. The summed E-state index contributed by atoms with van der Waals surface area (Å²) in [6, 6.07) is 15.8. The molecule has 2 fully saturated rings.